The van der Waals surface area contributed by atoms with Crippen LogP contribution in [0.2, 0.25) is 0 Å². The molecule has 226 valence electrons. The van der Waals surface area contributed by atoms with E-state index in [1.165, 1.54) is 4.90 Å². The van der Waals surface area contributed by atoms with Crippen LogP contribution in [0.25, 0.3) is 0 Å². The van der Waals surface area contributed by atoms with Gasteiger partial charge in [-0.1, -0.05) is 18.2 Å². The van der Waals surface area contributed by atoms with Gasteiger partial charge in [-0.2, -0.15) is 0 Å². The van der Waals surface area contributed by atoms with Crippen LogP contribution in [0.5, 0.6) is 23.0 Å². The van der Waals surface area contributed by atoms with Crippen molar-refractivity contribution < 1.29 is 33.3 Å². The second kappa shape index (κ2) is 13.2. The van der Waals surface area contributed by atoms with Crippen molar-refractivity contribution in [1.82, 2.24) is 15.1 Å². The summed E-state index contributed by atoms with van der Waals surface area (Å²) in [6, 6.07) is 17.4. The lowest BCUT2D eigenvalue weighted by Gasteiger charge is -2.39. The number of amides is 3. The fourth-order valence-electron chi connectivity index (χ4n) is 5.39. The Morgan fingerprint density at radius 1 is 1.07 bits per heavy atom. The summed E-state index contributed by atoms with van der Waals surface area (Å²) in [5.41, 5.74) is 2.67. The number of likely N-dealkylation sites (tertiary alicyclic amines) is 1. The lowest BCUT2D eigenvalue weighted by Crippen LogP contribution is -2.58. The van der Waals surface area contributed by atoms with Crippen molar-refractivity contribution >= 4 is 17.7 Å². The van der Waals surface area contributed by atoms with Gasteiger partial charge >= 0.3 is 0 Å². The summed E-state index contributed by atoms with van der Waals surface area (Å²) in [6.07, 6.45) is 0.176. The third-order valence-corrected chi connectivity index (χ3v) is 7.60. The summed E-state index contributed by atoms with van der Waals surface area (Å²) < 4.78 is 23.5. The molecule has 3 amide bonds. The maximum Gasteiger partial charge on any atom is 0.254 e. The fourth-order valence-corrected chi connectivity index (χ4v) is 5.39. The Morgan fingerprint density at radius 2 is 1.91 bits per heavy atom. The summed E-state index contributed by atoms with van der Waals surface area (Å²) in [4.78, 5) is 43.2. The third-order valence-electron chi connectivity index (χ3n) is 7.60. The second-order valence-corrected chi connectivity index (χ2v) is 10.8. The van der Waals surface area contributed by atoms with Crippen LogP contribution < -0.4 is 19.5 Å². The van der Waals surface area contributed by atoms with Gasteiger partial charge in [-0.05, 0) is 67.8 Å². The molecule has 0 saturated carbocycles. The third kappa shape index (κ3) is 7.09. The predicted octanol–water partition coefficient (Wildman–Crippen LogP) is 4.20. The Labute approximate surface area is 251 Å². The molecule has 1 saturated heterocycles. The first-order chi connectivity index (χ1) is 20.7. The first-order valence-corrected chi connectivity index (χ1v) is 14.4. The molecule has 3 aromatic rings. The first-order valence-electron chi connectivity index (χ1n) is 14.4. The number of fused-ring (bicyclic) bond motifs is 5. The molecule has 1 fully saturated rings. The number of nitrogens with zero attached hydrogens (tertiary/aromatic N) is 2. The van der Waals surface area contributed by atoms with Crippen molar-refractivity contribution in [3.8, 4) is 23.0 Å². The van der Waals surface area contributed by atoms with Crippen molar-refractivity contribution in [2.45, 2.75) is 39.0 Å². The second-order valence-electron chi connectivity index (χ2n) is 10.8. The minimum Gasteiger partial charge on any atom is -0.496 e. The summed E-state index contributed by atoms with van der Waals surface area (Å²) >= 11 is 0. The summed E-state index contributed by atoms with van der Waals surface area (Å²) in [6.45, 7) is 5.03. The number of nitrogens with one attached hydrogen (secondary N) is 1. The molecule has 0 aromatic heterocycles. The molecule has 2 heterocycles. The van der Waals surface area contributed by atoms with E-state index >= 15 is 0 Å². The van der Waals surface area contributed by atoms with Crippen molar-refractivity contribution in [1.29, 1.82) is 0 Å². The molecule has 0 aliphatic carbocycles. The van der Waals surface area contributed by atoms with Gasteiger partial charge in [0, 0.05) is 37.3 Å². The number of ether oxygens (including phenoxy) is 4. The molecule has 10 heteroatoms. The van der Waals surface area contributed by atoms with Gasteiger partial charge < -0.3 is 34.1 Å². The van der Waals surface area contributed by atoms with Crippen molar-refractivity contribution in [2.24, 2.45) is 0 Å². The van der Waals surface area contributed by atoms with Crippen molar-refractivity contribution in [3.05, 3.63) is 82.9 Å². The molecular formula is C33H37N3O7. The molecular weight excluding hydrogens is 550 g/mol. The molecule has 10 nitrogen and oxygen atoms in total. The van der Waals surface area contributed by atoms with Crippen LogP contribution in [0.15, 0.2) is 60.7 Å². The Kier molecular flexibility index (Phi) is 9.16. The van der Waals surface area contributed by atoms with E-state index in [9.17, 15) is 14.4 Å². The number of hydrogen-bond donors (Lipinski definition) is 1. The van der Waals surface area contributed by atoms with E-state index in [2.05, 4.69) is 5.32 Å². The molecule has 3 aromatic carbocycles. The predicted molar refractivity (Wildman–Crippen MR) is 160 cm³/mol. The number of carbonyl (C=O) groups is 3. The average Bonchev–Trinajstić information content (AvgIpc) is 2.99. The van der Waals surface area contributed by atoms with Crippen LogP contribution >= 0.6 is 0 Å². The molecule has 2 aliphatic rings. The largest absolute Gasteiger partial charge is 0.496 e. The van der Waals surface area contributed by atoms with Gasteiger partial charge in [-0.25, -0.2) is 0 Å². The maximum absolute atomic E-state index is 13.5. The van der Waals surface area contributed by atoms with Crippen LogP contribution in [-0.2, 0) is 16.1 Å². The molecule has 5 rings (SSSR count). The Morgan fingerprint density at radius 3 is 2.70 bits per heavy atom. The molecule has 0 radical (unpaired) electrons. The molecule has 2 atom stereocenters. The highest BCUT2D eigenvalue weighted by molar-refractivity contribution is 5.97. The van der Waals surface area contributed by atoms with E-state index in [-0.39, 0.29) is 36.9 Å². The number of carbonyl (C=O) groups excluding carboxylic acids is 3. The van der Waals surface area contributed by atoms with Crippen molar-refractivity contribution in [3.63, 3.8) is 0 Å². The Balaban J connectivity index is 1.41. The van der Waals surface area contributed by atoms with Gasteiger partial charge in [0.25, 0.3) is 11.8 Å². The monoisotopic (exact) mass is 587 g/mol. The van der Waals surface area contributed by atoms with Crippen LogP contribution in [-0.4, -0.2) is 80.1 Å². The highest BCUT2D eigenvalue weighted by atomic mass is 16.5. The first kappa shape index (κ1) is 29.9. The van der Waals surface area contributed by atoms with E-state index < -0.39 is 6.04 Å². The van der Waals surface area contributed by atoms with Crippen LogP contribution in [0.4, 0.5) is 0 Å². The van der Waals surface area contributed by atoms with Gasteiger partial charge in [-0.3, -0.25) is 14.4 Å². The highest BCUT2D eigenvalue weighted by Gasteiger charge is 2.34. The molecule has 43 heavy (non-hydrogen) atoms. The molecule has 2 aliphatic heterocycles. The molecule has 4 bridgehead atoms. The zero-order valence-electron chi connectivity index (χ0n) is 24.9. The number of methoxy groups -OCH3 is 1. The zero-order valence-corrected chi connectivity index (χ0v) is 24.9. The number of hydrogen-bond acceptors (Lipinski definition) is 7. The zero-order chi connectivity index (χ0) is 30.5. The van der Waals surface area contributed by atoms with Gasteiger partial charge in [-0.15, -0.1) is 0 Å². The Hall–Kier alpha value is -4.57. The maximum atomic E-state index is 13.5. The number of piperidine rings is 1. The number of rotatable bonds is 4. The summed E-state index contributed by atoms with van der Waals surface area (Å²) in [5.74, 6) is 1.30. The average molecular weight is 588 g/mol. The van der Waals surface area contributed by atoms with Crippen LogP contribution in [0.1, 0.15) is 45.2 Å². The highest BCUT2D eigenvalue weighted by Crippen LogP contribution is 2.30. The van der Waals surface area contributed by atoms with Gasteiger partial charge in [0.15, 0.2) is 0 Å². The number of benzene rings is 3. The Bertz CT molecular complexity index is 1510. The standard InChI is InChI=1S/C33H37N3O7/c1-5-41-26-14-24-15-27(17-26)43-25-8-6-7-22(13-25)20-42-29-11-12-36(18-28(29)34-31(37)19-35(3)32(24)38)33(39)23-10-9-21(2)30(16-23)40-4/h6-10,13-17,28-29H,5,11-12,18-20H2,1-4H3,(H,34,37)/t28-,29+/m0/s1. The molecule has 0 unspecified atom stereocenters. The smallest absolute Gasteiger partial charge is 0.254 e. The molecule has 1 N–H and O–H groups in total. The van der Waals surface area contributed by atoms with Gasteiger partial charge in [0.1, 0.15) is 23.0 Å². The van der Waals surface area contributed by atoms with Crippen LogP contribution in [0.3, 0.4) is 0 Å². The molecule has 0 spiro atoms. The van der Waals surface area contributed by atoms with Crippen LogP contribution in [0, 0.1) is 6.92 Å². The summed E-state index contributed by atoms with van der Waals surface area (Å²) in [5, 5.41) is 3.04. The minimum atomic E-state index is -0.485. The topological polar surface area (TPSA) is 107 Å². The van der Waals surface area contributed by atoms with E-state index in [1.54, 1.807) is 49.4 Å². The SMILES string of the molecule is CCOc1cc2cc(c1)C(=O)N(C)CC(=O)N[C@H]1CN(C(=O)c3ccc(C)c(OC)c3)CC[C@H]1OCc1cccc(c1)O2. The number of aryl methyl sites for hydroxylation is 1. The normalized spacial score (nSPS) is 19.2. The van der Waals surface area contributed by atoms with E-state index in [0.717, 1.165) is 11.1 Å². The summed E-state index contributed by atoms with van der Waals surface area (Å²) in [7, 11) is 3.14. The lowest BCUT2D eigenvalue weighted by molar-refractivity contribution is -0.124. The fraction of sp³-hybridized carbons (Fsp3) is 0.364. The quantitative estimate of drug-likeness (QED) is 0.488. The van der Waals surface area contributed by atoms with E-state index in [0.29, 0.717) is 60.3 Å². The number of likely N-dealkylation sites (N-methyl/N-ethyl adjacent to an activating group) is 1. The minimum absolute atomic E-state index is 0.153. The van der Waals surface area contributed by atoms with Gasteiger partial charge in [0.2, 0.25) is 5.91 Å². The van der Waals surface area contributed by atoms with Crippen molar-refractivity contribution in [2.75, 3.05) is 40.4 Å². The van der Waals surface area contributed by atoms with Gasteiger partial charge in [0.05, 0.1) is 39.0 Å². The lowest BCUT2D eigenvalue weighted by atomic mass is 10.00. The van der Waals surface area contributed by atoms with E-state index in [1.807, 2.05) is 44.2 Å². The van der Waals surface area contributed by atoms with E-state index in [4.69, 9.17) is 18.9 Å².